The van der Waals surface area contributed by atoms with Gasteiger partial charge in [-0.3, -0.25) is 29.7 Å². The van der Waals surface area contributed by atoms with Crippen LogP contribution in [0.5, 0.6) is 23.0 Å². The van der Waals surface area contributed by atoms with Crippen LogP contribution in [0.25, 0.3) is 0 Å². The number of pyridine rings is 4. The van der Waals surface area contributed by atoms with Gasteiger partial charge in [-0.05, 0) is 82.9 Å². The summed E-state index contributed by atoms with van der Waals surface area (Å²) < 4.78 is 6.32. The molecule has 6 aromatic rings. The Morgan fingerprint density at radius 3 is 1.16 bits per heavy atom. The van der Waals surface area contributed by atoms with E-state index in [1.54, 1.807) is 36.9 Å². The van der Waals surface area contributed by atoms with Gasteiger partial charge in [-0.15, -0.1) is 0 Å². The molecule has 2 aromatic carbocycles. The van der Waals surface area contributed by atoms with Crippen molar-refractivity contribution in [1.29, 1.82) is 0 Å². The van der Waals surface area contributed by atoms with E-state index in [0.29, 0.717) is 61.5 Å². The van der Waals surface area contributed by atoms with Crippen molar-refractivity contribution in [1.82, 2.24) is 29.7 Å². The van der Waals surface area contributed by atoms with Crippen LogP contribution >= 0.6 is 0 Å². The van der Waals surface area contributed by atoms with Crippen LogP contribution < -0.4 is 9.84 Å². The normalized spacial score (nSPS) is 12.5. The van der Waals surface area contributed by atoms with Gasteiger partial charge in [0.05, 0.1) is 22.8 Å². The van der Waals surface area contributed by atoms with Gasteiger partial charge in [0, 0.05) is 76.2 Å². The highest BCUT2D eigenvalue weighted by Gasteiger charge is 2.28. The summed E-state index contributed by atoms with van der Waals surface area (Å²) in [5, 5.41) is 36.3. The fourth-order valence-electron chi connectivity index (χ4n) is 6.33. The number of hydrogen-bond donors (Lipinski definition) is 2. The van der Waals surface area contributed by atoms with Crippen LogP contribution in [0, 0.1) is 0 Å². The van der Waals surface area contributed by atoms with Crippen molar-refractivity contribution in [2.45, 2.75) is 45.4 Å². The van der Waals surface area contributed by atoms with E-state index < -0.39 is 6.10 Å². The van der Waals surface area contributed by atoms with E-state index >= 15 is 0 Å². The highest BCUT2D eigenvalue weighted by atomic mass is 16.5. The molecule has 0 saturated heterocycles. The third-order valence-corrected chi connectivity index (χ3v) is 8.40. The molecular weight excluding hydrogens is 616 g/mol. The molecule has 4 aromatic heterocycles. The van der Waals surface area contributed by atoms with Gasteiger partial charge >= 0.3 is 0 Å². The summed E-state index contributed by atoms with van der Waals surface area (Å²) in [6, 6.07) is 29.3. The Bertz CT molecular complexity index is 1770. The maximum absolute atomic E-state index is 14.7. The molecule has 0 saturated carbocycles. The fourth-order valence-corrected chi connectivity index (χ4v) is 6.33. The van der Waals surface area contributed by atoms with E-state index in [1.165, 1.54) is 12.1 Å². The topological polar surface area (TPSA) is 131 Å². The number of fused-ring (bicyclic) bond motifs is 2. The molecule has 0 atom stereocenters. The van der Waals surface area contributed by atoms with Gasteiger partial charge in [0.2, 0.25) is 0 Å². The minimum atomic E-state index is -1.34. The van der Waals surface area contributed by atoms with Crippen molar-refractivity contribution in [3.05, 3.63) is 167 Å². The number of phenolic OH excluding ortho intramolecular Hbond substituents is 2. The summed E-state index contributed by atoms with van der Waals surface area (Å²) >= 11 is 0. The molecule has 10 nitrogen and oxygen atoms in total. The summed E-state index contributed by atoms with van der Waals surface area (Å²) in [5.74, 6) is 0.511. The number of rotatable bonds is 12. The van der Waals surface area contributed by atoms with Crippen molar-refractivity contribution in [2.75, 3.05) is 0 Å². The van der Waals surface area contributed by atoms with Gasteiger partial charge in [0.1, 0.15) is 23.0 Å². The summed E-state index contributed by atoms with van der Waals surface area (Å²) in [4.78, 5) is 22.4. The monoisotopic (exact) mass is 651 g/mol. The van der Waals surface area contributed by atoms with Crippen LogP contribution in [0.4, 0.5) is 0 Å². The van der Waals surface area contributed by atoms with E-state index in [0.717, 1.165) is 22.8 Å². The van der Waals surface area contributed by atoms with Crippen molar-refractivity contribution in [3.63, 3.8) is 0 Å². The average Bonchev–Trinajstić information content (AvgIpc) is 3.09. The summed E-state index contributed by atoms with van der Waals surface area (Å²) in [6.45, 7) is 2.66. The smallest absolute Gasteiger partial charge is 0.133 e. The molecule has 0 fully saturated rings. The third-order valence-electron chi connectivity index (χ3n) is 8.40. The van der Waals surface area contributed by atoms with E-state index in [1.807, 2.05) is 72.8 Å². The number of hydrogen-bond acceptors (Lipinski definition) is 10. The highest BCUT2D eigenvalue weighted by molar-refractivity contribution is 5.60. The van der Waals surface area contributed by atoms with Crippen LogP contribution in [-0.2, 0) is 39.3 Å². The molecule has 0 amide bonds. The first-order chi connectivity index (χ1) is 24.0. The molecule has 1 aliphatic rings. The van der Waals surface area contributed by atoms with E-state index in [4.69, 9.17) is 4.74 Å². The lowest BCUT2D eigenvalue weighted by Crippen LogP contribution is -2.30. The zero-order valence-electron chi connectivity index (χ0n) is 26.8. The first-order valence-corrected chi connectivity index (χ1v) is 16.1. The van der Waals surface area contributed by atoms with Crippen LogP contribution in [0.2, 0.25) is 0 Å². The molecule has 5 heterocycles. The van der Waals surface area contributed by atoms with Gasteiger partial charge < -0.3 is 20.1 Å². The Morgan fingerprint density at radius 1 is 0.510 bits per heavy atom. The molecular formula is C39H35N6O4-. The second kappa shape index (κ2) is 14.6. The van der Waals surface area contributed by atoms with Gasteiger partial charge in [-0.2, -0.15) is 0 Å². The fraction of sp³-hybridized carbons (Fsp3) is 0.179. The second-order valence-corrected chi connectivity index (χ2v) is 12.1. The maximum Gasteiger partial charge on any atom is 0.133 e. The third kappa shape index (κ3) is 7.73. The molecule has 0 unspecified atom stereocenters. The second-order valence-electron chi connectivity index (χ2n) is 12.1. The molecule has 0 aliphatic carbocycles. The number of benzene rings is 2. The number of aromatic nitrogens is 4. The van der Waals surface area contributed by atoms with E-state index in [-0.39, 0.29) is 23.0 Å². The highest BCUT2D eigenvalue weighted by Crippen LogP contribution is 2.48. The maximum atomic E-state index is 14.7. The van der Waals surface area contributed by atoms with Gasteiger partial charge in [-0.1, -0.05) is 30.4 Å². The van der Waals surface area contributed by atoms with Crippen LogP contribution in [0.15, 0.2) is 122 Å². The summed E-state index contributed by atoms with van der Waals surface area (Å²) in [6.07, 6.45) is 5.67. The number of phenols is 2. The summed E-state index contributed by atoms with van der Waals surface area (Å²) in [7, 11) is 0. The Labute approximate surface area is 284 Å². The predicted molar refractivity (Wildman–Crippen MR) is 181 cm³/mol. The van der Waals surface area contributed by atoms with Crippen LogP contribution in [-0.4, -0.2) is 39.9 Å². The molecule has 2 N–H and O–H groups in total. The SMILES string of the molecule is [O-]C1c2c(CN(Cc3ccccn3)Cc3ccccn3)cc(O)cc2Oc2cc(O)cc(CN(Cc3ccccn3)Cc3ccccn3)c21. The van der Waals surface area contributed by atoms with Gasteiger partial charge in [0.25, 0.3) is 0 Å². The number of ether oxygens (including phenoxy) is 1. The lowest BCUT2D eigenvalue weighted by atomic mass is 9.89. The summed E-state index contributed by atoms with van der Waals surface area (Å²) in [5.41, 5.74) is 5.65. The van der Waals surface area contributed by atoms with Gasteiger partial charge in [-0.25, -0.2) is 0 Å². The average molecular weight is 652 g/mol. The quantitative estimate of drug-likeness (QED) is 0.172. The largest absolute Gasteiger partial charge is 0.845 e. The lowest BCUT2D eigenvalue weighted by molar-refractivity contribution is -0.413. The minimum Gasteiger partial charge on any atom is -0.845 e. The Hall–Kier alpha value is -5.68. The first-order valence-electron chi connectivity index (χ1n) is 16.1. The molecule has 7 rings (SSSR count). The van der Waals surface area contributed by atoms with E-state index in [2.05, 4.69) is 29.7 Å². The van der Waals surface area contributed by atoms with Crippen molar-refractivity contribution >= 4 is 0 Å². The molecule has 1 aliphatic heterocycles. The molecule has 0 bridgehead atoms. The first kappa shape index (κ1) is 31.9. The van der Waals surface area contributed by atoms with Crippen molar-refractivity contribution in [3.8, 4) is 23.0 Å². The Kier molecular flexibility index (Phi) is 9.51. The molecule has 0 radical (unpaired) electrons. The number of nitrogens with zero attached hydrogens (tertiary/aromatic N) is 6. The van der Waals surface area contributed by atoms with Gasteiger partial charge in [0.15, 0.2) is 0 Å². The predicted octanol–water partition coefficient (Wildman–Crippen LogP) is 5.64. The molecule has 10 heteroatoms. The van der Waals surface area contributed by atoms with Crippen LogP contribution in [0.3, 0.4) is 0 Å². The zero-order valence-corrected chi connectivity index (χ0v) is 26.8. The number of aromatic hydroxyl groups is 2. The standard InChI is InChI=1S/C39H35N6O4/c46-33-17-27(21-44(23-29-9-1-5-13-40-29)24-30-10-2-6-14-41-30)37-35(19-33)49-36-20-34(47)18-28(38(36)39(37)48)22-45(25-31-11-3-7-15-42-31)26-32-12-4-8-16-43-32/h1-20,39,46-47H,21-26H2/q-1. The van der Waals surface area contributed by atoms with Crippen molar-refractivity contribution < 1.29 is 20.1 Å². The van der Waals surface area contributed by atoms with E-state index in [9.17, 15) is 15.3 Å². The zero-order chi connectivity index (χ0) is 33.6. The van der Waals surface area contributed by atoms with Crippen LogP contribution in [0.1, 0.15) is 51.1 Å². The van der Waals surface area contributed by atoms with Crippen molar-refractivity contribution in [2.24, 2.45) is 0 Å². The minimum absolute atomic E-state index is 0.0164. The molecule has 0 spiro atoms. The molecule has 246 valence electrons. The molecule has 49 heavy (non-hydrogen) atoms. The lowest BCUT2D eigenvalue weighted by Gasteiger charge is -2.37. The Balaban J connectivity index is 1.23. The Morgan fingerprint density at radius 2 is 0.857 bits per heavy atom.